The van der Waals surface area contributed by atoms with Gasteiger partial charge < -0.3 is 4.52 Å². The monoisotopic (exact) mass is 326 g/mol. The van der Waals surface area contributed by atoms with E-state index in [1.165, 1.54) is 5.56 Å². The zero-order valence-corrected chi connectivity index (χ0v) is 12.6. The van der Waals surface area contributed by atoms with Gasteiger partial charge >= 0.3 is 0 Å². The van der Waals surface area contributed by atoms with Crippen LogP contribution in [0.5, 0.6) is 0 Å². The average Bonchev–Trinajstić information content (AvgIpc) is 2.78. The molecule has 0 aliphatic heterocycles. The summed E-state index contributed by atoms with van der Waals surface area (Å²) in [6, 6.07) is 8.33. The van der Waals surface area contributed by atoms with E-state index in [-0.39, 0.29) is 0 Å². The number of thioether (sulfide) groups is 1. The zero-order chi connectivity index (χ0) is 12.8. The summed E-state index contributed by atoms with van der Waals surface area (Å²) in [5.74, 6) is 3.25. The van der Waals surface area contributed by atoms with E-state index in [0.717, 1.165) is 40.5 Å². The molecule has 0 fully saturated rings. The van der Waals surface area contributed by atoms with Crippen molar-refractivity contribution in [2.24, 2.45) is 0 Å². The van der Waals surface area contributed by atoms with Crippen molar-refractivity contribution < 1.29 is 4.52 Å². The minimum atomic E-state index is 0.721. The predicted molar refractivity (Wildman–Crippen MR) is 77.4 cm³/mol. The van der Waals surface area contributed by atoms with E-state index in [9.17, 15) is 0 Å². The third-order valence-corrected chi connectivity index (χ3v) is 3.85. The minimum absolute atomic E-state index is 0.721. The highest BCUT2D eigenvalue weighted by Crippen LogP contribution is 2.19. The Hall–Kier alpha value is -0.810. The van der Waals surface area contributed by atoms with Gasteiger partial charge in [0, 0.05) is 16.6 Å². The molecule has 0 amide bonds. The molecule has 2 rings (SSSR count). The Labute approximate surface area is 119 Å². The second-order valence-corrected chi connectivity index (χ2v) is 5.88. The van der Waals surface area contributed by atoms with Crippen molar-refractivity contribution >= 4 is 27.7 Å². The first-order valence-electron chi connectivity index (χ1n) is 5.91. The number of rotatable bonds is 6. The Morgan fingerprint density at radius 1 is 1.33 bits per heavy atom. The molecule has 5 heteroatoms. The third kappa shape index (κ3) is 4.14. The molecular weight excluding hydrogens is 312 g/mol. The summed E-state index contributed by atoms with van der Waals surface area (Å²) in [6.07, 6.45) is 1.93. The first-order chi connectivity index (χ1) is 8.78. The molecule has 1 heterocycles. The Morgan fingerprint density at radius 3 is 3.00 bits per heavy atom. The topological polar surface area (TPSA) is 38.9 Å². The van der Waals surface area contributed by atoms with E-state index >= 15 is 0 Å². The Morgan fingerprint density at radius 2 is 2.22 bits per heavy atom. The number of benzene rings is 1. The van der Waals surface area contributed by atoms with Gasteiger partial charge in [-0.25, -0.2) is 0 Å². The second kappa shape index (κ2) is 6.95. The van der Waals surface area contributed by atoms with Crippen molar-refractivity contribution in [1.29, 1.82) is 0 Å². The molecule has 2 aromatic rings. The fraction of sp³-hybridized carbons (Fsp3) is 0.385. The smallest absolute Gasteiger partial charge is 0.236 e. The van der Waals surface area contributed by atoms with Crippen LogP contribution < -0.4 is 0 Å². The maximum atomic E-state index is 5.19. The summed E-state index contributed by atoms with van der Waals surface area (Å²) < 4.78 is 6.30. The van der Waals surface area contributed by atoms with E-state index in [1.54, 1.807) is 11.8 Å². The van der Waals surface area contributed by atoms with Crippen molar-refractivity contribution in [1.82, 2.24) is 10.1 Å². The fourth-order valence-corrected chi connectivity index (χ4v) is 2.81. The van der Waals surface area contributed by atoms with Crippen LogP contribution in [0.2, 0.25) is 0 Å². The SMILES string of the molecule is CCCc1noc(CSCc2cccc(Br)c2)n1. The van der Waals surface area contributed by atoms with Gasteiger partial charge in [-0.3, -0.25) is 0 Å². The molecular formula is C13H15BrN2OS. The molecule has 1 aromatic carbocycles. The molecule has 0 aliphatic rings. The normalized spacial score (nSPS) is 10.8. The van der Waals surface area contributed by atoms with Crippen LogP contribution in [0.15, 0.2) is 33.3 Å². The lowest BCUT2D eigenvalue weighted by molar-refractivity contribution is 0.384. The van der Waals surface area contributed by atoms with Gasteiger partial charge in [0.25, 0.3) is 0 Å². The average molecular weight is 327 g/mol. The van der Waals surface area contributed by atoms with Crippen LogP contribution in [0, 0.1) is 0 Å². The molecule has 0 radical (unpaired) electrons. The minimum Gasteiger partial charge on any atom is -0.338 e. The number of halogens is 1. The molecule has 0 spiro atoms. The van der Waals surface area contributed by atoms with Crippen LogP contribution in [0.4, 0.5) is 0 Å². The number of nitrogens with zero attached hydrogens (tertiary/aromatic N) is 2. The molecule has 3 nitrogen and oxygen atoms in total. The number of hydrogen-bond donors (Lipinski definition) is 0. The first kappa shape index (κ1) is 13.6. The van der Waals surface area contributed by atoms with E-state index in [0.29, 0.717) is 0 Å². The van der Waals surface area contributed by atoms with E-state index in [2.05, 4.69) is 45.1 Å². The summed E-state index contributed by atoms with van der Waals surface area (Å²) in [6.45, 7) is 2.11. The lowest BCUT2D eigenvalue weighted by Crippen LogP contribution is -1.87. The van der Waals surface area contributed by atoms with Gasteiger partial charge in [0.15, 0.2) is 5.82 Å². The van der Waals surface area contributed by atoms with E-state index < -0.39 is 0 Å². The molecule has 0 N–H and O–H groups in total. The van der Waals surface area contributed by atoms with Gasteiger partial charge in [0.1, 0.15) is 0 Å². The van der Waals surface area contributed by atoms with Gasteiger partial charge in [-0.2, -0.15) is 4.98 Å². The molecule has 0 saturated carbocycles. The molecule has 0 bridgehead atoms. The second-order valence-electron chi connectivity index (χ2n) is 3.98. The fourth-order valence-electron chi connectivity index (χ4n) is 1.56. The Bertz CT molecular complexity index is 501. The maximum Gasteiger partial charge on any atom is 0.236 e. The van der Waals surface area contributed by atoms with Crippen molar-refractivity contribution in [3.8, 4) is 0 Å². The standard InChI is InChI=1S/C13H15BrN2OS/c1-2-4-12-15-13(17-16-12)9-18-8-10-5-3-6-11(14)7-10/h3,5-7H,2,4,8-9H2,1H3. The third-order valence-electron chi connectivity index (χ3n) is 2.37. The van der Waals surface area contributed by atoms with Crippen molar-refractivity contribution in [3.05, 3.63) is 46.0 Å². The number of aryl methyl sites for hydroxylation is 1. The number of aromatic nitrogens is 2. The highest BCUT2D eigenvalue weighted by Gasteiger charge is 2.05. The highest BCUT2D eigenvalue weighted by molar-refractivity contribution is 9.10. The van der Waals surface area contributed by atoms with Crippen LogP contribution in [0.25, 0.3) is 0 Å². The summed E-state index contributed by atoms with van der Waals surface area (Å²) in [5, 5.41) is 3.94. The lowest BCUT2D eigenvalue weighted by Gasteiger charge is -1.99. The van der Waals surface area contributed by atoms with Crippen LogP contribution in [-0.2, 0) is 17.9 Å². The largest absolute Gasteiger partial charge is 0.338 e. The van der Waals surface area contributed by atoms with Crippen molar-refractivity contribution in [2.45, 2.75) is 31.3 Å². The van der Waals surface area contributed by atoms with E-state index in [4.69, 9.17) is 4.52 Å². The first-order valence-corrected chi connectivity index (χ1v) is 7.86. The molecule has 96 valence electrons. The summed E-state index contributed by atoms with van der Waals surface area (Å²) in [5.41, 5.74) is 1.29. The lowest BCUT2D eigenvalue weighted by atomic mass is 10.2. The molecule has 0 unspecified atom stereocenters. The molecule has 0 saturated heterocycles. The van der Waals surface area contributed by atoms with Gasteiger partial charge in [0.05, 0.1) is 5.75 Å². The highest BCUT2D eigenvalue weighted by atomic mass is 79.9. The summed E-state index contributed by atoms with van der Waals surface area (Å²) in [7, 11) is 0. The Kier molecular flexibility index (Phi) is 5.26. The molecule has 0 aliphatic carbocycles. The molecule has 0 atom stereocenters. The quantitative estimate of drug-likeness (QED) is 0.796. The summed E-state index contributed by atoms with van der Waals surface area (Å²) in [4.78, 5) is 4.34. The van der Waals surface area contributed by atoms with Crippen LogP contribution in [0.3, 0.4) is 0 Å². The van der Waals surface area contributed by atoms with Crippen molar-refractivity contribution in [3.63, 3.8) is 0 Å². The predicted octanol–water partition coefficient (Wildman–Crippen LogP) is 4.22. The van der Waals surface area contributed by atoms with Gasteiger partial charge in [-0.05, 0) is 24.1 Å². The van der Waals surface area contributed by atoms with Gasteiger partial charge in [-0.15, -0.1) is 11.8 Å². The zero-order valence-electron chi connectivity index (χ0n) is 10.2. The summed E-state index contributed by atoms with van der Waals surface area (Å²) >= 11 is 5.25. The van der Waals surface area contributed by atoms with Crippen LogP contribution in [-0.4, -0.2) is 10.1 Å². The van der Waals surface area contributed by atoms with Crippen LogP contribution in [0.1, 0.15) is 30.6 Å². The number of hydrogen-bond acceptors (Lipinski definition) is 4. The molecule has 18 heavy (non-hydrogen) atoms. The van der Waals surface area contributed by atoms with Crippen LogP contribution >= 0.6 is 27.7 Å². The van der Waals surface area contributed by atoms with Gasteiger partial charge in [0.2, 0.25) is 5.89 Å². The Balaban J connectivity index is 1.81. The van der Waals surface area contributed by atoms with Crippen molar-refractivity contribution in [2.75, 3.05) is 0 Å². The van der Waals surface area contributed by atoms with E-state index in [1.807, 2.05) is 12.1 Å². The molecule has 1 aromatic heterocycles. The maximum absolute atomic E-state index is 5.19. The van der Waals surface area contributed by atoms with Gasteiger partial charge in [-0.1, -0.05) is 40.1 Å².